The fourth-order valence-electron chi connectivity index (χ4n) is 8.96. The van der Waals surface area contributed by atoms with Gasteiger partial charge < -0.3 is 105 Å². The fraction of sp³-hybridized carbons (Fsp3) is 0.623. The van der Waals surface area contributed by atoms with Crippen LogP contribution in [0.2, 0.25) is 0 Å². The third-order valence-electron chi connectivity index (χ3n) is 14.6. The van der Waals surface area contributed by atoms with Gasteiger partial charge in [-0.3, -0.25) is 76.7 Å². The van der Waals surface area contributed by atoms with Crippen molar-refractivity contribution in [3.63, 3.8) is 0 Å². The van der Waals surface area contributed by atoms with E-state index in [1.54, 1.807) is 41.5 Å². The molecule has 0 aliphatic heterocycles. The quantitative estimate of drug-likeness (QED) is 0.0290. The highest BCUT2D eigenvalue weighted by Crippen LogP contribution is 2.15. The van der Waals surface area contributed by atoms with Crippen molar-refractivity contribution in [3.05, 3.63) is 29.8 Å². The Morgan fingerprint density at radius 1 is 0.418 bits per heavy atom. The highest BCUT2D eigenvalue weighted by molar-refractivity contribution is 6.00. The summed E-state index contributed by atoms with van der Waals surface area (Å²) in [5, 5.41) is 87.4. The second kappa shape index (κ2) is 43.2. The highest BCUT2D eigenvalue weighted by atomic mass is 16.4. The van der Waals surface area contributed by atoms with Gasteiger partial charge in [0, 0.05) is 19.3 Å². The zero-order valence-corrected chi connectivity index (χ0v) is 56.4. The van der Waals surface area contributed by atoms with Crippen LogP contribution in [0.25, 0.3) is 0 Å². The number of phenols is 1. The second-order valence-electron chi connectivity index (χ2n) is 24.5. The number of nitrogens with two attached hydrogens (primary N) is 1. The van der Waals surface area contributed by atoms with Gasteiger partial charge in [0.2, 0.25) is 76.8 Å². The molecule has 1 aromatic rings. The van der Waals surface area contributed by atoms with Crippen molar-refractivity contribution >= 4 is 101 Å². The second-order valence-corrected chi connectivity index (χ2v) is 24.5. The number of aromatic hydroxyl groups is 1. The average Bonchev–Trinajstić information content (AvgIpc) is 0.876. The van der Waals surface area contributed by atoms with E-state index in [2.05, 4.69) is 69.1 Å². The maximum absolute atomic E-state index is 14.2. The molecule has 0 fully saturated rings. The number of aliphatic hydroxyl groups excluding tert-OH is 1. The summed E-state index contributed by atoms with van der Waals surface area (Å²) in [5.74, 6) is -20.7. The number of amides is 13. The molecule has 98 heavy (non-hydrogen) atoms. The van der Waals surface area contributed by atoms with Crippen LogP contribution in [0.3, 0.4) is 0 Å². The molecule has 0 aromatic heterocycles. The smallest absolute Gasteiger partial charge is 0.328 e. The first-order valence-corrected chi connectivity index (χ1v) is 31.6. The molecule has 0 unspecified atom stereocenters. The van der Waals surface area contributed by atoms with Crippen molar-refractivity contribution in [1.82, 2.24) is 69.1 Å². The van der Waals surface area contributed by atoms with Crippen molar-refractivity contribution in [2.45, 2.75) is 193 Å². The fourth-order valence-corrected chi connectivity index (χ4v) is 8.96. The molecule has 37 heteroatoms. The van der Waals surface area contributed by atoms with Crippen LogP contribution in [-0.4, -0.2) is 224 Å². The van der Waals surface area contributed by atoms with Crippen molar-refractivity contribution in [1.29, 1.82) is 0 Å². The molecule has 0 bridgehead atoms. The molecule has 21 N–H and O–H groups in total. The lowest BCUT2D eigenvalue weighted by atomic mass is 9.97. The van der Waals surface area contributed by atoms with Crippen LogP contribution >= 0.6 is 0 Å². The molecule has 0 saturated carbocycles. The molecule has 0 saturated heterocycles. The number of phenolic OH excluding ortho intramolecular Hbond substituents is 1. The van der Waals surface area contributed by atoms with E-state index < -0.39 is 231 Å². The topological polar surface area (TPSA) is 594 Å². The third kappa shape index (κ3) is 33.1. The van der Waals surface area contributed by atoms with Gasteiger partial charge in [0.25, 0.3) is 0 Å². The number of aliphatic hydroxyl groups is 1. The predicted molar refractivity (Wildman–Crippen MR) is 343 cm³/mol. The zero-order chi connectivity index (χ0) is 74.8. The van der Waals surface area contributed by atoms with Crippen LogP contribution < -0.4 is 74.9 Å². The molecule has 0 radical (unpaired) electrons. The third-order valence-corrected chi connectivity index (χ3v) is 14.6. The number of hydrogen-bond acceptors (Lipinski definition) is 20. The van der Waals surface area contributed by atoms with E-state index in [0.717, 1.165) is 6.92 Å². The number of carboxylic acids is 4. The molecule has 1 rings (SSSR count). The van der Waals surface area contributed by atoms with E-state index in [1.807, 2.05) is 0 Å². The molecule has 13 amide bonds. The molecular weight excluding hydrogens is 1300 g/mol. The Labute approximate surface area is 565 Å². The summed E-state index contributed by atoms with van der Waals surface area (Å²) in [4.78, 5) is 220. The minimum Gasteiger partial charge on any atom is -0.508 e. The van der Waals surface area contributed by atoms with Gasteiger partial charge in [-0.25, -0.2) is 4.79 Å². The van der Waals surface area contributed by atoms with Crippen LogP contribution in [0.5, 0.6) is 5.75 Å². The van der Waals surface area contributed by atoms with E-state index in [0.29, 0.717) is 5.56 Å². The van der Waals surface area contributed by atoms with Crippen molar-refractivity contribution in [3.8, 4) is 5.75 Å². The molecule has 548 valence electrons. The molecule has 0 aliphatic rings. The van der Waals surface area contributed by atoms with Crippen LogP contribution in [0.1, 0.15) is 126 Å². The highest BCUT2D eigenvalue weighted by Gasteiger charge is 2.37. The Morgan fingerprint density at radius 3 is 1.32 bits per heavy atom. The SMILES string of the molecule is CC[C@H](C)[C@H](NC(=O)CNC(=O)CNC(=O)[C@H](CC(C)C)NC(=O)[C@H](CCC(=O)O)NC(=O)CNC(=O)[C@H](CCC(=O)O)NC(=O)[C@H](C)N)C(=O)N[C@@H](Cc1ccc(O)cc1)C(=O)N[C@@H](C)C(=O)N[C@@H](CC(=O)O)C(=O)N[C@@H](CC(C)C)C(=O)N[C@H](C(=O)N[C@@H](CO)C(=O)O)C(C)C. The molecule has 0 spiro atoms. The van der Waals surface area contributed by atoms with E-state index in [9.17, 15) is 107 Å². The van der Waals surface area contributed by atoms with E-state index in [4.69, 9.17) is 10.8 Å². The Bertz CT molecular complexity index is 2980. The number of benzene rings is 1. The summed E-state index contributed by atoms with van der Waals surface area (Å²) >= 11 is 0. The monoisotopic (exact) mass is 1390 g/mol. The normalized spacial score (nSPS) is 14.7. The van der Waals surface area contributed by atoms with Crippen molar-refractivity contribution in [2.24, 2.45) is 29.4 Å². The van der Waals surface area contributed by atoms with Gasteiger partial charge in [0.1, 0.15) is 66.2 Å². The number of carboxylic acid groups (broad SMARTS) is 4. The average molecular weight is 1390 g/mol. The Hall–Kier alpha value is -10.1. The maximum Gasteiger partial charge on any atom is 0.328 e. The summed E-state index contributed by atoms with van der Waals surface area (Å²) < 4.78 is 0. The molecular formula is C61H96N14O23. The minimum atomic E-state index is -1.89. The number of nitrogens with one attached hydrogen (secondary N) is 13. The maximum atomic E-state index is 14.2. The van der Waals surface area contributed by atoms with Gasteiger partial charge in [0.15, 0.2) is 0 Å². The summed E-state index contributed by atoms with van der Waals surface area (Å²) in [5.41, 5.74) is 5.90. The Balaban J connectivity index is 3.28. The summed E-state index contributed by atoms with van der Waals surface area (Å²) in [7, 11) is 0. The number of hydrogen-bond donors (Lipinski definition) is 20. The molecule has 0 aliphatic carbocycles. The number of rotatable bonds is 45. The van der Waals surface area contributed by atoms with Gasteiger partial charge in [-0.15, -0.1) is 0 Å². The largest absolute Gasteiger partial charge is 0.508 e. The van der Waals surface area contributed by atoms with Crippen LogP contribution in [0.15, 0.2) is 24.3 Å². The summed E-state index contributed by atoms with van der Waals surface area (Å²) in [6.07, 6.45) is -3.36. The molecule has 37 nitrogen and oxygen atoms in total. The lowest BCUT2D eigenvalue weighted by Gasteiger charge is -2.28. The van der Waals surface area contributed by atoms with Gasteiger partial charge in [0.05, 0.1) is 38.7 Å². The van der Waals surface area contributed by atoms with Gasteiger partial charge in [-0.1, -0.05) is 73.9 Å². The standard InChI is InChI=1S/C61H96N14O23/c1-11-31(8)50(74-45(80)25-63-43(78)24-64-54(90)38(20-28(2)3)70-55(91)37(17-19-47(83)84)67-44(79)26-65-53(89)36(16-18-46(81)82)68-51(87)32(9)62)60(96)72-40(22-34-12-14-35(77)15-13-34)56(92)66-33(10)52(88)69-41(23-48(85)86)57(93)71-39(21-29(4)5)58(94)75-49(30(6)7)59(95)73-42(27-76)61(97)98/h12-15,28-33,36-42,49-50,76-77H,11,16-27,62H2,1-10H3,(H,63,78)(H,64,90)(H,65,89)(H,66,92)(H,67,79)(H,68,87)(H,69,88)(H,70,91)(H,71,93)(H,72,96)(H,73,95)(H,74,80)(H,75,94)(H,81,82)(H,83,84)(H,85,86)(H,97,98)/t31-,32-,33-,36-,37-,38-,39-,40-,41-,42-,49-,50-/m0/s1. The number of aliphatic carboxylic acids is 4. The Morgan fingerprint density at radius 2 is 0.837 bits per heavy atom. The zero-order valence-electron chi connectivity index (χ0n) is 56.4. The van der Waals surface area contributed by atoms with E-state index in [1.165, 1.54) is 45.0 Å². The number of carbonyl (C=O) groups is 17. The first-order valence-electron chi connectivity index (χ1n) is 31.6. The predicted octanol–water partition coefficient (Wildman–Crippen LogP) is -5.43. The summed E-state index contributed by atoms with van der Waals surface area (Å²) in [6.45, 7) is 12.1. The number of carbonyl (C=O) groups excluding carboxylic acids is 13. The van der Waals surface area contributed by atoms with Crippen molar-refractivity contribution in [2.75, 3.05) is 26.2 Å². The van der Waals surface area contributed by atoms with E-state index >= 15 is 0 Å². The first kappa shape index (κ1) is 85.9. The molecule has 0 heterocycles. The van der Waals surface area contributed by atoms with Gasteiger partial charge in [-0.05, 0) is 80.9 Å². The van der Waals surface area contributed by atoms with Crippen LogP contribution in [-0.2, 0) is 87.9 Å². The lowest BCUT2D eigenvalue weighted by molar-refractivity contribution is -0.144. The van der Waals surface area contributed by atoms with Gasteiger partial charge in [-0.2, -0.15) is 0 Å². The first-order chi connectivity index (χ1) is 45.7. The summed E-state index contributed by atoms with van der Waals surface area (Å²) in [6, 6.07) is -11.1. The minimum absolute atomic E-state index is 0.0617. The van der Waals surface area contributed by atoms with E-state index in [-0.39, 0.29) is 49.7 Å². The van der Waals surface area contributed by atoms with Crippen molar-refractivity contribution < 1.29 is 112 Å². The van der Waals surface area contributed by atoms with Gasteiger partial charge >= 0.3 is 23.9 Å². The molecule has 1 aromatic carbocycles. The van der Waals surface area contributed by atoms with Crippen LogP contribution in [0, 0.1) is 23.7 Å². The Kier molecular flexibility index (Phi) is 37.9. The lowest BCUT2D eigenvalue weighted by Crippen LogP contribution is -2.61. The molecule has 12 atom stereocenters. The van der Waals surface area contributed by atoms with Crippen LogP contribution in [0.4, 0.5) is 0 Å².